The van der Waals surface area contributed by atoms with Gasteiger partial charge in [0, 0.05) is 17.3 Å². The van der Waals surface area contributed by atoms with Gasteiger partial charge in [0.1, 0.15) is 23.7 Å². The Balaban J connectivity index is 0.00000342. The fraction of sp³-hybridized carbons (Fsp3) is 0.222. The van der Waals surface area contributed by atoms with Gasteiger partial charge in [0.05, 0.1) is 24.6 Å². The Morgan fingerprint density at radius 2 is 1.71 bits per heavy atom. The van der Waals surface area contributed by atoms with E-state index in [1.54, 1.807) is 6.92 Å². The molecule has 0 radical (unpaired) electrons. The Labute approximate surface area is 210 Å². The summed E-state index contributed by atoms with van der Waals surface area (Å²) in [7, 11) is 0. The van der Waals surface area contributed by atoms with E-state index in [9.17, 15) is 4.79 Å². The quantitative estimate of drug-likeness (QED) is 0.275. The van der Waals surface area contributed by atoms with Gasteiger partial charge in [-0.25, -0.2) is 14.8 Å². The molecular formula is C27H28ClN3O4. The number of aromatic nitrogens is 2. The van der Waals surface area contributed by atoms with E-state index in [-0.39, 0.29) is 19.0 Å². The summed E-state index contributed by atoms with van der Waals surface area (Å²) in [6.07, 6.45) is 1.49. The van der Waals surface area contributed by atoms with Crippen LogP contribution in [0.1, 0.15) is 35.5 Å². The number of nitrogens with one attached hydrogen (secondary N) is 1. The number of esters is 1. The lowest BCUT2D eigenvalue weighted by atomic mass is 10.1. The number of aryl methyl sites for hydroxylation is 1. The standard InChI is InChI=1S/C27H27N3O4.ClH/c1-4-32-24-15-22-25(23(27(31)33-5-2)16-28-26(22)29-18(24)3)30-20-11-13-21(14-12-20)34-17-19-9-7-6-8-10-19;/h6-16H,4-5,17H2,1-3H3,(H,28,29,30);1H. The maximum atomic E-state index is 12.7. The highest BCUT2D eigenvalue weighted by Gasteiger charge is 2.19. The summed E-state index contributed by atoms with van der Waals surface area (Å²) in [5, 5.41) is 4.02. The molecule has 0 aliphatic heterocycles. The van der Waals surface area contributed by atoms with Crippen LogP contribution in [-0.4, -0.2) is 29.2 Å². The molecule has 0 amide bonds. The van der Waals surface area contributed by atoms with E-state index in [1.807, 2.05) is 74.5 Å². The molecule has 0 fully saturated rings. The normalized spacial score (nSPS) is 10.4. The van der Waals surface area contributed by atoms with Crippen LogP contribution in [0.25, 0.3) is 11.0 Å². The zero-order chi connectivity index (χ0) is 23.9. The minimum absolute atomic E-state index is 0. The molecule has 0 spiro atoms. The highest BCUT2D eigenvalue weighted by atomic mass is 35.5. The number of ether oxygens (including phenoxy) is 3. The molecule has 182 valence electrons. The summed E-state index contributed by atoms with van der Waals surface area (Å²) in [6, 6.07) is 19.4. The summed E-state index contributed by atoms with van der Waals surface area (Å²) in [6.45, 7) is 6.81. The third kappa shape index (κ3) is 6.19. The number of hydrogen-bond donors (Lipinski definition) is 1. The molecule has 4 rings (SSSR count). The summed E-state index contributed by atoms with van der Waals surface area (Å²) in [5.41, 5.74) is 4.02. The highest BCUT2D eigenvalue weighted by molar-refractivity contribution is 6.05. The fourth-order valence-electron chi connectivity index (χ4n) is 3.51. The van der Waals surface area contributed by atoms with E-state index in [0.717, 1.165) is 22.7 Å². The average Bonchev–Trinajstić information content (AvgIpc) is 2.85. The maximum absolute atomic E-state index is 12.7. The lowest BCUT2D eigenvalue weighted by Crippen LogP contribution is -2.10. The molecule has 0 bridgehead atoms. The van der Waals surface area contributed by atoms with Gasteiger partial charge in [-0.15, -0.1) is 12.4 Å². The second kappa shape index (κ2) is 12.0. The van der Waals surface area contributed by atoms with Crippen molar-refractivity contribution in [2.75, 3.05) is 18.5 Å². The van der Waals surface area contributed by atoms with Gasteiger partial charge in [-0.3, -0.25) is 0 Å². The van der Waals surface area contributed by atoms with E-state index in [0.29, 0.717) is 41.2 Å². The van der Waals surface area contributed by atoms with Crippen LogP contribution >= 0.6 is 12.4 Å². The molecule has 1 N–H and O–H groups in total. The van der Waals surface area contributed by atoms with Crippen LogP contribution in [0.15, 0.2) is 66.9 Å². The Morgan fingerprint density at radius 1 is 0.971 bits per heavy atom. The van der Waals surface area contributed by atoms with Crippen LogP contribution in [-0.2, 0) is 11.3 Å². The first-order valence-corrected chi connectivity index (χ1v) is 11.2. The lowest BCUT2D eigenvalue weighted by Gasteiger charge is -2.16. The predicted molar refractivity (Wildman–Crippen MR) is 139 cm³/mol. The van der Waals surface area contributed by atoms with Crippen LogP contribution < -0.4 is 14.8 Å². The van der Waals surface area contributed by atoms with Crippen molar-refractivity contribution in [2.24, 2.45) is 0 Å². The van der Waals surface area contributed by atoms with Crippen molar-refractivity contribution >= 4 is 40.8 Å². The molecule has 0 aliphatic carbocycles. The van der Waals surface area contributed by atoms with Gasteiger partial charge in [0.15, 0.2) is 5.65 Å². The maximum Gasteiger partial charge on any atom is 0.341 e. The summed E-state index contributed by atoms with van der Waals surface area (Å²) in [4.78, 5) is 21.6. The summed E-state index contributed by atoms with van der Waals surface area (Å²) < 4.78 is 16.9. The largest absolute Gasteiger partial charge is 0.492 e. The molecule has 2 aromatic carbocycles. The molecule has 0 atom stereocenters. The monoisotopic (exact) mass is 493 g/mol. The van der Waals surface area contributed by atoms with Gasteiger partial charge in [-0.05, 0) is 56.7 Å². The van der Waals surface area contributed by atoms with Crippen LogP contribution in [0.3, 0.4) is 0 Å². The van der Waals surface area contributed by atoms with Gasteiger partial charge in [0.25, 0.3) is 0 Å². The van der Waals surface area contributed by atoms with Crippen molar-refractivity contribution < 1.29 is 19.0 Å². The van der Waals surface area contributed by atoms with Gasteiger partial charge < -0.3 is 19.5 Å². The molecule has 2 heterocycles. The topological polar surface area (TPSA) is 82.6 Å². The van der Waals surface area contributed by atoms with Crippen LogP contribution in [0, 0.1) is 6.92 Å². The number of carbonyl (C=O) groups is 1. The number of hydrogen-bond acceptors (Lipinski definition) is 7. The number of rotatable bonds is 9. The number of benzene rings is 2. The van der Waals surface area contributed by atoms with E-state index in [1.165, 1.54) is 6.20 Å². The minimum atomic E-state index is -0.458. The van der Waals surface area contributed by atoms with Gasteiger partial charge in [0.2, 0.25) is 0 Å². The van der Waals surface area contributed by atoms with Gasteiger partial charge in [-0.2, -0.15) is 0 Å². The minimum Gasteiger partial charge on any atom is -0.492 e. The molecule has 7 nitrogen and oxygen atoms in total. The number of carbonyl (C=O) groups excluding carboxylic acids is 1. The predicted octanol–water partition coefficient (Wildman–Crippen LogP) is 6.26. The van der Waals surface area contributed by atoms with Gasteiger partial charge >= 0.3 is 5.97 Å². The Morgan fingerprint density at radius 3 is 2.40 bits per heavy atom. The number of halogens is 1. The number of fused-ring (bicyclic) bond motifs is 1. The number of pyridine rings is 2. The van der Waals surface area contributed by atoms with Crippen LogP contribution in [0.5, 0.6) is 11.5 Å². The zero-order valence-corrected chi connectivity index (χ0v) is 20.7. The van der Waals surface area contributed by atoms with Crippen molar-refractivity contribution in [1.82, 2.24) is 9.97 Å². The fourth-order valence-corrected chi connectivity index (χ4v) is 3.51. The highest BCUT2D eigenvalue weighted by Crippen LogP contribution is 2.33. The van der Waals surface area contributed by atoms with Crippen molar-refractivity contribution in [2.45, 2.75) is 27.4 Å². The van der Waals surface area contributed by atoms with E-state index < -0.39 is 5.97 Å². The first-order valence-electron chi connectivity index (χ1n) is 11.2. The lowest BCUT2D eigenvalue weighted by molar-refractivity contribution is 0.0527. The molecule has 0 saturated carbocycles. The van der Waals surface area contributed by atoms with Crippen molar-refractivity contribution in [1.29, 1.82) is 0 Å². The van der Waals surface area contributed by atoms with Crippen molar-refractivity contribution in [3.05, 3.63) is 83.7 Å². The molecule has 4 aromatic rings. The molecule has 0 unspecified atom stereocenters. The smallest absolute Gasteiger partial charge is 0.341 e. The molecule has 35 heavy (non-hydrogen) atoms. The molecule has 2 aromatic heterocycles. The van der Waals surface area contributed by atoms with Gasteiger partial charge in [-0.1, -0.05) is 30.3 Å². The van der Waals surface area contributed by atoms with E-state index in [2.05, 4.69) is 15.3 Å². The second-order valence-electron chi connectivity index (χ2n) is 7.57. The third-order valence-corrected chi connectivity index (χ3v) is 5.17. The average molecular weight is 494 g/mol. The SMILES string of the molecule is CCOC(=O)c1cnc2nc(C)c(OCC)cc2c1Nc1ccc(OCc2ccccc2)cc1.Cl. The third-order valence-electron chi connectivity index (χ3n) is 5.17. The van der Waals surface area contributed by atoms with Crippen LogP contribution in [0.4, 0.5) is 11.4 Å². The molecule has 0 aliphatic rings. The Bertz CT molecular complexity index is 1280. The molecular weight excluding hydrogens is 466 g/mol. The second-order valence-corrected chi connectivity index (χ2v) is 7.57. The van der Waals surface area contributed by atoms with E-state index >= 15 is 0 Å². The first kappa shape index (κ1) is 25.8. The summed E-state index contributed by atoms with van der Waals surface area (Å²) >= 11 is 0. The first-order chi connectivity index (χ1) is 16.6. The summed E-state index contributed by atoms with van der Waals surface area (Å²) in [5.74, 6) is 0.932. The van der Waals surface area contributed by atoms with Crippen molar-refractivity contribution in [3.8, 4) is 11.5 Å². The van der Waals surface area contributed by atoms with E-state index in [4.69, 9.17) is 14.2 Å². The van der Waals surface area contributed by atoms with Crippen LogP contribution in [0.2, 0.25) is 0 Å². The molecule has 0 saturated heterocycles. The zero-order valence-electron chi connectivity index (χ0n) is 19.9. The Kier molecular flexibility index (Phi) is 8.86. The number of nitrogens with zero attached hydrogens (tertiary/aromatic N) is 2. The Hall–Kier alpha value is -3.84. The van der Waals surface area contributed by atoms with Crippen molar-refractivity contribution in [3.63, 3.8) is 0 Å². The number of anilines is 2. The molecule has 8 heteroatoms.